The van der Waals surface area contributed by atoms with E-state index >= 15 is 0 Å². The largest absolute Gasteiger partial charge is 0.491 e. The monoisotopic (exact) mass is 312 g/mol. The van der Waals surface area contributed by atoms with E-state index in [1.54, 1.807) is 12.1 Å². The predicted octanol–water partition coefficient (Wildman–Crippen LogP) is 1.26. The lowest BCUT2D eigenvalue weighted by Crippen LogP contribution is -2.50. The van der Waals surface area contributed by atoms with Gasteiger partial charge < -0.3 is 20.5 Å². The van der Waals surface area contributed by atoms with Crippen LogP contribution in [-0.4, -0.2) is 42.9 Å². The van der Waals surface area contributed by atoms with Crippen LogP contribution in [-0.2, 0) is 4.79 Å². The molecule has 2 unspecified atom stereocenters. The molecule has 1 saturated heterocycles. The Morgan fingerprint density at radius 3 is 3.10 bits per heavy atom. The Kier molecular flexibility index (Phi) is 5.85. The van der Waals surface area contributed by atoms with Crippen LogP contribution in [0.2, 0.25) is 5.02 Å². The summed E-state index contributed by atoms with van der Waals surface area (Å²) in [5, 5.41) is 16.5. The van der Waals surface area contributed by atoms with Gasteiger partial charge in [0.2, 0.25) is 5.91 Å². The van der Waals surface area contributed by atoms with Gasteiger partial charge in [-0.2, -0.15) is 0 Å². The van der Waals surface area contributed by atoms with Crippen LogP contribution in [0, 0.1) is 6.92 Å². The number of aryl methyl sites for hydroxylation is 1. The molecule has 1 aliphatic heterocycles. The second-order valence-electron chi connectivity index (χ2n) is 5.27. The SMILES string of the molecule is Cc1cc(OCC(O)CNC2CCCNC2=O)ccc1Cl. The van der Waals surface area contributed by atoms with Crippen LogP contribution in [0.25, 0.3) is 0 Å². The normalized spacial score (nSPS) is 20.0. The van der Waals surface area contributed by atoms with E-state index in [0.717, 1.165) is 24.9 Å². The van der Waals surface area contributed by atoms with Crippen molar-refractivity contribution >= 4 is 17.5 Å². The van der Waals surface area contributed by atoms with E-state index in [1.807, 2.05) is 13.0 Å². The zero-order chi connectivity index (χ0) is 15.2. The summed E-state index contributed by atoms with van der Waals surface area (Å²) in [5.74, 6) is 0.675. The summed E-state index contributed by atoms with van der Waals surface area (Å²) in [6.07, 6.45) is 1.09. The molecule has 116 valence electrons. The van der Waals surface area contributed by atoms with Crippen LogP contribution < -0.4 is 15.4 Å². The number of nitrogens with one attached hydrogen (secondary N) is 2. The number of aliphatic hydroxyl groups is 1. The van der Waals surface area contributed by atoms with Gasteiger partial charge in [0.25, 0.3) is 0 Å². The van der Waals surface area contributed by atoms with Crippen molar-refractivity contribution in [1.82, 2.24) is 10.6 Å². The van der Waals surface area contributed by atoms with E-state index in [1.165, 1.54) is 0 Å². The number of benzene rings is 1. The summed E-state index contributed by atoms with van der Waals surface area (Å²) in [6.45, 7) is 3.13. The highest BCUT2D eigenvalue weighted by Gasteiger charge is 2.22. The topological polar surface area (TPSA) is 70.6 Å². The van der Waals surface area contributed by atoms with Crippen LogP contribution in [0.3, 0.4) is 0 Å². The zero-order valence-electron chi connectivity index (χ0n) is 12.1. The Hall–Kier alpha value is -1.30. The van der Waals surface area contributed by atoms with Crippen molar-refractivity contribution in [3.8, 4) is 5.75 Å². The second-order valence-corrected chi connectivity index (χ2v) is 5.68. The van der Waals surface area contributed by atoms with Crippen molar-refractivity contribution in [3.63, 3.8) is 0 Å². The number of carbonyl (C=O) groups excluding carboxylic acids is 1. The fraction of sp³-hybridized carbons (Fsp3) is 0.533. The Labute approximate surface area is 129 Å². The van der Waals surface area contributed by atoms with E-state index < -0.39 is 6.10 Å². The molecule has 1 aromatic rings. The Morgan fingerprint density at radius 2 is 2.38 bits per heavy atom. The van der Waals surface area contributed by atoms with Gasteiger partial charge in [-0.15, -0.1) is 0 Å². The first-order valence-corrected chi connectivity index (χ1v) is 7.52. The summed E-state index contributed by atoms with van der Waals surface area (Å²) in [4.78, 5) is 11.6. The van der Waals surface area contributed by atoms with Crippen LogP contribution in [0.1, 0.15) is 18.4 Å². The van der Waals surface area contributed by atoms with Gasteiger partial charge >= 0.3 is 0 Å². The van der Waals surface area contributed by atoms with Crippen molar-refractivity contribution in [2.24, 2.45) is 0 Å². The summed E-state index contributed by atoms with van der Waals surface area (Å²) in [5.41, 5.74) is 0.931. The molecule has 3 N–H and O–H groups in total. The molecule has 0 aromatic heterocycles. The van der Waals surface area contributed by atoms with Crippen molar-refractivity contribution in [3.05, 3.63) is 28.8 Å². The van der Waals surface area contributed by atoms with Crippen molar-refractivity contribution in [1.29, 1.82) is 0 Å². The average Bonchev–Trinajstić information content (AvgIpc) is 2.47. The summed E-state index contributed by atoms with van der Waals surface area (Å²) < 4.78 is 5.52. The van der Waals surface area contributed by atoms with Crippen LogP contribution in [0.5, 0.6) is 5.75 Å². The fourth-order valence-corrected chi connectivity index (χ4v) is 2.32. The second kappa shape index (κ2) is 7.64. The van der Waals surface area contributed by atoms with Gasteiger partial charge in [0.15, 0.2) is 0 Å². The first-order chi connectivity index (χ1) is 10.1. The number of amides is 1. The molecule has 0 aliphatic carbocycles. The molecule has 0 radical (unpaired) electrons. The maximum Gasteiger partial charge on any atom is 0.237 e. The van der Waals surface area contributed by atoms with Gasteiger partial charge in [-0.3, -0.25) is 4.79 Å². The molecule has 1 aromatic carbocycles. The average molecular weight is 313 g/mol. The number of aliphatic hydroxyl groups excluding tert-OH is 1. The first kappa shape index (κ1) is 16.1. The molecule has 0 bridgehead atoms. The standard InChI is InChI=1S/C15H21ClN2O3/c1-10-7-12(4-5-13(10)16)21-9-11(19)8-18-14-3-2-6-17-15(14)20/h4-5,7,11,14,18-19H,2-3,6,8-9H2,1H3,(H,17,20). The molecule has 6 heteroatoms. The van der Waals surface area contributed by atoms with E-state index in [-0.39, 0.29) is 18.6 Å². The molecule has 1 heterocycles. The van der Waals surface area contributed by atoms with Gasteiger partial charge in [-0.05, 0) is 43.5 Å². The van der Waals surface area contributed by atoms with E-state index in [0.29, 0.717) is 17.3 Å². The van der Waals surface area contributed by atoms with Gasteiger partial charge in [-0.25, -0.2) is 0 Å². The fourth-order valence-electron chi connectivity index (χ4n) is 2.20. The summed E-state index contributed by atoms with van der Waals surface area (Å²) >= 11 is 5.94. The maximum absolute atomic E-state index is 11.6. The molecule has 21 heavy (non-hydrogen) atoms. The molecule has 2 rings (SSSR count). The summed E-state index contributed by atoms with van der Waals surface area (Å²) in [7, 11) is 0. The third-order valence-corrected chi connectivity index (χ3v) is 3.88. The van der Waals surface area contributed by atoms with E-state index in [4.69, 9.17) is 16.3 Å². The molecule has 1 amide bonds. The third kappa shape index (κ3) is 4.88. The third-order valence-electron chi connectivity index (χ3n) is 3.46. The van der Waals surface area contributed by atoms with Gasteiger partial charge in [-0.1, -0.05) is 11.6 Å². The molecule has 1 fully saturated rings. The minimum atomic E-state index is -0.671. The smallest absolute Gasteiger partial charge is 0.237 e. The molecule has 0 spiro atoms. The number of halogens is 1. The van der Waals surface area contributed by atoms with Gasteiger partial charge in [0.1, 0.15) is 18.5 Å². The Morgan fingerprint density at radius 1 is 1.57 bits per heavy atom. The van der Waals surface area contributed by atoms with Crippen molar-refractivity contribution < 1.29 is 14.6 Å². The van der Waals surface area contributed by atoms with Crippen LogP contribution in [0.4, 0.5) is 0 Å². The highest BCUT2D eigenvalue weighted by molar-refractivity contribution is 6.31. The van der Waals surface area contributed by atoms with Crippen molar-refractivity contribution in [2.45, 2.75) is 31.9 Å². The number of ether oxygens (including phenoxy) is 1. The molecule has 2 atom stereocenters. The highest BCUT2D eigenvalue weighted by Crippen LogP contribution is 2.21. The van der Waals surface area contributed by atoms with Crippen molar-refractivity contribution in [2.75, 3.05) is 19.7 Å². The quantitative estimate of drug-likeness (QED) is 0.739. The van der Waals surface area contributed by atoms with E-state index in [9.17, 15) is 9.90 Å². The van der Waals surface area contributed by atoms with Crippen LogP contribution >= 0.6 is 11.6 Å². The van der Waals surface area contributed by atoms with Crippen LogP contribution in [0.15, 0.2) is 18.2 Å². The summed E-state index contributed by atoms with van der Waals surface area (Å²) in [6, 6.07) is 5.15. The Balaban J connectivity index is 1.72. The minimum absolute atomic E-state index is 0.00249. The minimum Gasteiger partial charge on any atom is -0.491 e. The highest BCUT2D eigenvalue weighted by atomic mass is 35.5. The molecule has 5 nitrogen and oxygen atoms in total. The molecular weight excluding hydrogens is 292 g/mol. The van der Waals surface area contributed by atoms with Gasteiger partial charge in [0, 0.05) is 18.1 Å². The maximum atomic E-state index is 11.6. The number of rotatable bonds is 6. The lowest BCUT2D eigenvalue weighted by atomic mass is 10.1. The predicted molar refractivity (Wildman–Crippen MR) is 81.7 cm³/mol. The lowest BCUT2D eigenvalue weighted by Gasteiger charge is -2.24. The first-order valence-electron chi connectivity index (χ1n) is 7.14. The number of piperidine rings is 1. The number of hydrogen-bond acceptors (Lipinski definition) is 4. The lowest BCUT2D eigenvalue weighted by molar-refractivity contribution is -0.124. The Bertz CT molecular complexity index is 496. The molecular formula is C15H21ClN2O3. The van der Waals surface area contributed by atoms with Gasteiger partial charge in [0.05, 0.1) is 6.04 Å². The van der Waals surface area contributed by atoms with E-state index in [2.05, 4.69) is 10.6 Å². The number of hydrogen-bond donors (Lipinski definition) is 3. The zero-order valence-corrected chi connectivity index (χ0v) is 12.8. The number of carbonyl (C=O) groups is 1. The molecule has 0 saturated carbocycles. The molecule has 1 aliphatic rings.